The molecule has 1 aromatic heterocycles. The number of hydrogen-bond acceptors (Lipinski definition) is 7. The lowest BCUT2D eigenvalue weighted by Gasteiger charge is -2.25. The summed E-state index contributed by atoms with van der Waals surface area (Å²) >= 11 is 1.30. The summed E-state index contributed by atoms with van der Waals surface area (Å²) in [6.07, 6.45) is 2.35. The summed E-state index contributed by atoms with van der Waals surface area (Å²) in [5.74, 6) is 0.799. The Bertz CT molecular complexity index is 1440. The van der Waals surface area contributed by atoms with Gasteiger partial charge in [-0.15, -0.1) is 0 Å². The lowest BCUT2D eigenvalue weighted by molar-refractivity contribution is -0.136. The van der Waals surface area contributed by atoms with Gasteiger partial charge in [0.25, 0.3) is 5.56 Å². The minimum atomic E-state index is -0.615. The van der Waals surface area contributed by atoms with Crippen molar-refractivity contribution in [1.29, 1.82) is 0 Å². The fraction of sp³-hybridized carbons (Fsp3) is 0.296. The van der Waals surface area contributed by atoms with E-state index in [1.54, 1.807) is 4.57 Å². The summed E-state index contributed by atoms with van der Waals surface area (Å²) in [5.41, 5.74) is 2.42. The van der Waals surface area contributed by atoms with Crippen molar-refractivity contribution in [2.24, 2.45) is 4.99 Å². The van der Waals surface area contributed by atoms with Crippen molar-refractivity contribution in [1.82, 2.24) is 4.57 Å². The molecule has 0 fully saturated rings. The number of benzene rings is 2. The maximum absolute atomic E-state index is 13.7. The van der Waals surface area contributed by atoms with Gasteiger partial charge in [-0.25, -0.2) is 9.79 Å². The number of allylic oxidation sites excluding steroid dienone is 1. The Balaban J connectivity index is 1.91. The molecule has 1 aliphatic rings. The summed E-state index contributed by atoms with van der Waals surface area (Å²) in [6.45, 7) is 6.79. The maximum atomic E-state index is 13.7. The first-order valence-electron chi connectivity index (χ1n) is 11.6. The van der Waals surface area contributed by atoms with E-state index < -0.39 is 12.0 Å². The van der Waals surface area contributed by atoms with Crippen LogP contribution in [0.15, 0.2) is 69.6 Å². The lowest BCUT2D eigenvalue weighted by atomic mass is 9.95. The summed E-state index contributed by atoms with van der Waals surface area (Å²) < 4.78 is 18.6. The monoisotopic (exact) mass is 492 g/mol. The van der Waals surface area contributed by atoms with Gasteiger partial charge in [0.2, 0.25) is 0 Å². The van der Waals surface area contributed by atoms with E-state index in [-0.39, 0.29) is 5.56 Å². The molecule has 182 valence electrons. The molecule has 1 aliphatic heterocycles. The zero-order valence-corrected chi connectivity index (χ0v) is 21.1. The number of carbonyl (C=O) groups is 1. The second kappa shape index (κ2) is 10.7. The SMILES string of the molecule is CCOc1ccc(/C=c2\sc3n(c2=O)[C@@H](c2ccccc2)C(C(=O)OC)=C(CC)N=3)cc1OCC. The zero-order valence-electron chi connectivity index (χ0n) is 20.2. The molecular formula is C27H28N2O5S. The number of rotatable bonds is 8. The highest BCUT2D eigenvalue weighted by molar-refractivity contribution is 7.07. The standard InChI is InChI=1S/C27H28N2O5S/c1-5-19-23(26(31)32-4)24(18-11-9-8-10-12-18)29-25(30)22(35-27(29)28-19)16-17-13-14-20(33-6-2)21(15-17)34-7-3/h8-16,24H,5-7H2,1-4H3/b22-16-/t24-/m0/s1. The molecule has 0 N–H and O–H groups in total. The number of hydrogen-bond donors (Lipinski definition) is 0. The predicted octanol–water partition coefficient (Wildman–Crippen LogP) is 3.60. The van der Waals surface area contributed by atoms with Crippen LogP contribution in [0.2, 0.25) is 0 Å². The molecule has 0 amide bonds. The first-order valence-corrected chi connectivity index (χ1v) is 12.4. The normalized spacial score (nSPS) is 15.4. The van der Waals surface area contributed by atoms with E-state index in [9.17, 15) is 9.59 Å². The summed E-state index contributed by atoms with van der Waals surface area (Å²) in [5, 5.41) is 0. The number of carbonyl (C=O) groups excluding carboxylic acids is 1. The van der Waals surface area contributed by atoms with Gasteiger partial charge in [-0.05, 0) is 49.6 Å². The Kier molecular flexibility index (Phi) is 7.51. The molecule has 1 atom stereocenters. The van der Waals surface area contributed by atoms with E-state index in [4.69, 9.17) is 19.2 Å². The van der Waals surface area contributed by atoms with Gasteiger partial charge in [-0.3, -0.25) is 9.36 Å². The van der Waals surface area contributed by atoms with Crippen LogP contribution in [0.4, 0.5) is 0 Å². The molecule has 8 heteroatoms. The van der Waals surface area contributed by atoms with E-state index >= 15 is 0 Å². The Morgan fingerprint density at radius 1 is 1.06 bits per heavy atom. The Morgan fingerprint density at radius 2 is 1.77 bits per heavy atom. The van der Waals surface area contributed by atoms with Crippen LogP contribution in [-0.2, 0) is 9.53 Å². The quantitative estimate of drug-likeness (QED) is 0.449. The molecule has 4 rings (SSSR count). The minimum absolute atomic E-state index is 0.217. The van der Waals surface area contributed by atoms with Crippen LogP contribution >= 0.6 is 11.3 Å². The third-order valence-electron chi connectivity index (χ3n) is 5.63. The fourth-order valence-corrected chi connectivity index (χ4v) is 5.14. The van der Waals surface area contributed by atoms with Gasteiger partial charge in [0.15, 0.2) is 16.3 Å². The van der Waals surface area contributed by atoms with Crippen LogP contribution < -0.4 is 24.4 Å². The molecule has 7 nitrogen and oxygen atoms in total. The van der Waals surface area contributed by atoms with E-state index in [0.717, 1.165) is 11.1 Å². The predicted molar refractivity (Wildman–Crippen MR) is 136 cm³/mol. The van der Waals surface area contributed by atoms with Gasteiger partial charge in [-0.1, -0.05) is 54.7 Å². The molecule has 0 unspecified atom stereocenters. The average molecular weight is 493 g/mol. The highest BCUT2D eigenvalue weighted by Crippen LogP contribution is 2.32. The van der Waals surface area contributed by atoms with Crippen LogP contribution in [0.1, 0.15) is 44.4 Å². The molecular weight excluding hydrogens is 464 g/mol. The van der Waals surface area contributed by atoms with Crippen LogP contribution in [0, 0.1) is 0 Å². The van der Waals surface area contributed by atoms with Crippen molar-refractivity contribution in [3.05, 3.63) is 90.6 Å². The summed E-state index contributed by atoms with van der Waals surface area (Å²) in [7, 11) is 1.34. The highest BCUT2D eigenvalue weighted by atomic mass is 32.1. The Hall–Kier alpha value is -3.65. The molecule has 0 bridgehead atoms. The van der Waals surface area contributed by atoms with Crippen molar-refractivity contribution in [2.75, 3.05) is 20.3 Å². The van der Waals surface area contributed by atoms with Crippen LogP contribution in [0.3, 0.4) is 0 Å². The van der Waals surface area contributed by atoms with E-state index in [1.807, 2.05) is 75.4 Å². The third-order valence-corrected chi connectivity index (χ3v) is 6.61. The molecule has 0 aliphatic carbocycles. The molecule has 3 aromatic rings. The number of methoxy groups -OCH3 is 1. The van der Waals surface area contributed by atoms with Gasteiger partial charge in [0.05, 0.1) is 42.2 Å². The van der Waals surface area contributed by atoms with Crippen LogP contribution in [0.25, 0.3) is 6.08 Å². The average Bonchev–Trinajstić information content (AvgIpc) is 3.19. The summed E-state index contributed by atoms with van der Waals surface area (Å²) in [6, 6.07) is 14.5. The molecule has 0 saturated carbocycles. The third kappa shape index (κ3) is 4.79. The zero-order chi connectivity index (χ0) is 24.9. The van der Waals surface area contributed by atoms with Gasteiger partial charge in [0, 0.05) is 0 Å². The maximum Gasteiger partial charge on any atom is 0.338 e. The number of thiazole rings is 1. The number of ether oxygens (including phenoxy) is 3. The molecule has 2 heterocycles. The van der Waals surface area contributed by atoms with Crippen molar-refractivity contribution < 1.29 is 19.0 Å². The number of fused-ring (bicyclic) bond motifs is 1. The van der Waals surface area contributed by atoms with Gasteiger partial charge < -0.3 is 14.2 Å². The van der Waals surface area contributed by atoms with Crippen molar-refractivity contribution in [2.45, 2.75) is 33.2 Å². The van der Waals surface area contributed by atoms with Gasteiger partial charge >= 0.3 is 5.97 Å². The van der Waals surface area contributed by atoms with E-state index in [1.165, 1.54) is 18.4 Å². The topological polar surface area (TPSA) is 79.1 Å². The second-order valence-corrected chi connectivity index (χ2v) is 8.78. The van der Waals surface area contributed by atoms with Crippen molar-refractivity contribution in [3.63, 3.8) is 0 Å². The van der Waals surface area contributed by atoms with Gasteiger partial charge in [0.1, 0.15) is 0 Å². The molecule has 0 radical (unpaired) electrons. The fourth-order valence-electron chi connectivity index (χ4n) is 4.12. The molecule has 35 heavy (non-hydrogen) atoms. The van der Waals surface area contributed by atoms with Crippen LogP contribution in [0.5, 0.6) is 11.5 Å². The largest absolute Gasteiger partial charge is 0.490 e. The Labute approximate surface area is 207 Å². The number of aromatic nitrogens is 1. The Morgan fingerprint density at radius 3 is 2.43 bits per heavy atom. The highest BCUT2D eigenvalue weighted by Gasteiger charge is 2.33. The summed E-state index contributed by atoms with van der Waals surface area (Å²) in [4.78, 5) is 31.8. The van der Waals surface area contributed by atoms with Crippen molar-refractivity contribution >= 4 is 23.4 Å². The molecule has 0 saturated heterocycles. The minimum Gasteiger partial charge on any atom is -0.490 e. The lowest BCUT2D eigenvalue weighted by Crippen LogP contribution is -2.40. The first-order chi connectivity index (χ1) is 17.0. The smallest absolute Gasteiger partial charge is 0.338 e. The molecule has 0 spiro atoms. The first kappa shape index (κ1) is 24.5. The van der Waals surface area contributed by atoms with Crippen molar-refractivity contribution in [3.8, 4) is 11.5 Å². The number of nitrogens with zero attached hydrogens (tertiary/aromatic N) is 2. The van der Waals surface area contributed by atoms with E-state index in [2.05, 4.69) is 0 Å². The molecule has 2 aromatic carbocycles. The van der Waals surface area contributed by atoms with Crippen LogP contribution in [-0.4, -0.2) is 30.9 Å². The second-order valence-electron chi connectivity index (χ2n) is 7.77. The van der Waals surface area contributed by atoms with E-state index in [0.29, 0.717) is 51.7 Å². The van der Waals surface area contributed by atoms with Gasteiger partial charge in [-0.2, -0.15) is 0 Å². The number of esters is 1.